The van der Waals surface area contributed by atoms with Crippen LogP contribution in [0.25, 0.3) is 0 Å². The number of nitrogens with zero attached hydrogens (tertiary/aromatic N) is 1. The van der Waals surface area contributed by atoms with Crippen molar-refractivity contribution < 1.29 is 9.59 Å². The molecule has 2 amide bonds. The second-order valence-corrected chi connectivity index (χ2v) is 5.83. The first kappa shape index (κ1) is 14.0. The average Bonchev–Trinajstić information content (AvgIpc) is 2.27. The second kappa shape index (κ2) is 5.52. The Kier molecular flexibility index (Phi) is 4.54. The summed E-state index contributed by atoms with van der Waals surface area (Å²) < 4.78 is 0. The van der Waals surface area contributed by atoms with Crippen LogP contribution in [0, 0.1) is 5.41 Å². The van der Waals surface area contributed by atoms with E-state index in [0.29, 0.717) is 0 Å². The van der Waals surface area contributed by atoms with Gasteiger partial charge in [-0.15, -0.1) is 0 Å². The molecule has 4 heteroatoms. The Hall–Kier alpha value is -1.06. The molecule has 1 aliphatic heterocycles. The molecule has 1 N–H and O–H groups in total. The highest BCUT2D eigenvalue weighted by atomic mass is 16.2. The summed E-state index contributed by atoms with van der Waals surface area (Å²) in [4.78, 5) is 25.7. The van der Waals surface area contributed by atoms with Gasteiger partial charge in [-0.2, -0.15) is 0 Å². The van der Waals surface area contributed by atoms with Crippen molar-refractivity contribution in [3.63, 3.8) is 0 Å². The molecule has 17 heavy (non-hydrogen) atoms. The van der Waals surface area contributed by atoms with Crippen LogP contribution in [0.2, 0.25) is 0 Å². The van der Waals surface area contributed by atoms with Crippen molar-refractivity contribution in [2.45, 2.75) is 53.0 Å². The summed E-state index contributed by atoms with van der Waals surface area (Å²) in [6, 6.07) is -0.417. The van der Waals surface area contributed by atoms with E-state index in [-0.39, 0.29) is 11.8 Å². The van der Waals surface area contributed by atoms with Gasteiger partial charge in [0.15, 0.2) is 0 Å². The molecule has 4 nitrogen and oxygen atoms in total. The molecule has 1 atom stereocenters. The molecule has 98 valence electrons. The lowest BCUT2D eigenvalue weighted by atomic mass is 9.95. The molecule has 1 heterocycles. The predicted octanol–water partition coefficient (Wildman–Crippen LogP) is 1.55. The lowest BCUT2D eigenvalue weighted by molar-refractivity contribution is -0.138. The molecule has 0 bridgehead atoms. The minimum Gasteiger partial charge on any atom is -0.344 e. The maximum absolute atomic E-state index is 12.1. The van der Waals surface area contributed by atoms with Gasteiger partial charge in [-0.1, -0.05) is 20.8 Å². The highest BCUT2D eigenvalue weighted by Gasteiger charge is 2.27. The van der Waals surface area contributed by atoms with E-state index >= 15 is 0 Å². The zero-order valence-electron chi connectivity index (χ0n) is 11.4. The van der Waals surface area contributed by atoms with Gasteiger partial charge in [0.1, 0.15) is 6.04 Å². The van der Waals surface area contributed by atoms with Gasteiger partial charge >= 0.3 is 0 Å². The van der Waals surface area contributed by atoms with Gasteiger partial charge in [-0.25, -0.2) is 0 Å². The van der Waals surface area contributed by atoms with E-state index in [1.165, 1.54) is 6.42 Å². The number of nitrogens with one attached hydrogen (secondary N) is 1. The number of hydrogen-bond acceptors (Lipinski definition) is 2. The van der Waals surface area contributed by atoms with Gasteiger partial charge in [0.25, 0.3) is 0 Å². The van der Waals surface area contributed by atoms with E-state index < -0.39 is 11.5 Å². The third-order valence-electron chi connectivity index (χ3n) is 3.07. The fraction of sp³-hybridized carbons (Fsp3) is 0.846. The lowest BCUT2D eigenvalue weighted by Gasteiger charge is -2.30. The Balaban J connectivity index is 2.49. The van der Waals surface area contributed by atoms with Crippen LogP contribution in [0.5, 0.6) is 0 Å². The molecule has 0 aromatic rings. The standard InChI is InChI=1S/C13H24N2O2/c1-10(14-12(17)13(2,3)4)11(16)15-8-6-5-7-9-15/h10H,5-9H2,1-4H3,(H,14,17)/t10-/m0/s1. The van der Waals surface area contributed by atoms with E-state index in [0.717, 1.165) is 25.9 Å². The Morgan fingerprint density at radius 1 is 1.12 bits per heavy atom. The van der Waals surface area contributed by atoms with Crippen molar-refractivity contribution in [2.75, 3.05) is 13.1 Å². The first-order valence-electron chi connectivity index (χ1n) is 6.42. The summed E-state index contributed by atoms with van der Waals surface area (Å²) in [5, 5.41) is 2.79. The zero-order chi connectivity index (χ0) is 13.1. The van der Waals surface area contributed by atoms with E-state index in [2.05, 4.69) is 5.32 Å². The molecular formula is C13H24N2O2. The number of carbonyl (C=O) groups is 2. The van der Waals surface area contributed by atoms with Gasteiger partial charge in [0.2, 0.25) is 11.8 Å². The normalized spacial score (nSPS) is 18.7. The first-order chi connectivity index (χ1) is 7.82. The molecule has 0 spiro atoms. The summed E-state index contributed by atoms with van der Waals surface area (Å²) in [5.74, 6) is -0.0299. The molecule has 0 aliphatic carbocycles. The van der Waals surface area contributed by atoms with E-state index in [9.17, 15) is 9.59 Å². The van der Waals surface area contributed by atoms with Crippen LogP contribution < -0.4 is 5.32 Å². The molecule has 1 rings (SSSR count). The number of piperidine rings is 1. The van der Waals surface area contributed by atoms with Crippen LogP contribution in [0.4, 0.5) is 0 Å². The Bertz CT molecular complexity index is 288. The number of hydrogen-bond donors (Lipinski definition) is 1. The zero-order valence-corrected chi connectivity index (χ0v) is 11.4. The summed E-state index contributed by atoms with van der Waals surface area (Å²) in [7, 11) is 0. The highest BCUT2D eigenvalue weighted by molar-refractivity contribution is 5.89. The molecule has 1 fully saturated rings. The van der Waals surface area contributed by atoms with Gasteiger partial charge in [-0.05, 0) is 26.2 Å². The fourth-order valence-electron chi connectivity index (χ4n) is 1.86. The van der Waals surface area contributed by atoms with Crippen molar-refractivity contribution in [3.8, 4) is 0 Å². The lowest BCUT2D eigenvalue weighted by Crippen LogP contribution is -2.50. The Labute approximate surface area is 104 Å². The molecule has 0 aromatic carbocycles. The quantitative estimate of drug-likeness (QED) is 0.796. The van der Waals surface area contributed by atoms with Crippen molar-refractivity contribution in [2.24, 2.45) is 5.41 Å². The molecule has 1 aliphatic rings. The topological polar surface area (TPSA) is 49.4 Å². The molecule has 0 aromatic heterocycles. The van der Waals surface area contributed by atoms with Gasteiger partial charge in [0.05, 0.1) is 0 Å². The van der Waals surface area contributed by atoms with Gasteiger partial charge in [-0.3, -0.25) is 9.59 Å². The first-order valence-corrected chi connectivity index (χ1v) is 6.42. The van der Waals surface area contributed by atoms with Crippen LogP contribution in [-0.4, -0.2) is 35.8 Å². The maximum atomic E-state index is 12.1. The summed E-state index contributed by atoms with van der Waals surface area (Å²) in [6.45, 7) is 8.96. The fourth-order valence-corrected chi connectivity index (χ4v) is 1.86. The third kappa shape index (κ3) is 4.02. The number of amides is 2. The average molecular weight is 240 g/mol. The number of likely N-dealkylation sites (tertiary alicyclic amines) is 1. The van der Waals surface area contributed by atoms with Crippen LogP contribution in [0.1, 0.15) is 47.0 Å². The van der Waals surface area contributed by atoms with Crippen LogP contribution in [0.15, 0.2) is 0 Å². The van der Waals surface area contributed by atoms with Crippen LogP contribution in [-0.2, 0) is 9.59 Å². The Morgan fingerprint density at radius 2 is 1.65 bits per heavy atom. The van der Waals surface area contributed by atoms with Crippen LogP contribution >= 0.6 is 0 Å². The smallest absolute Gasteiger partial charge is 0.244 e. The van der Waals surface area contributed by atoms with Crippen molar-refractivity contribution >= 4 is 11.8 Å². The molecule has 1 saturated heterocycles. The van der Waals surface area contributed by atoms with Crippen molar-refractivity contribution in [3.05, 3.63) is 0 Å². The minimum absolute atomic E-state index is 0.0438. The van der Waals surface area contributed by atoms with Crippen LogP contribution in [0.3, 0.4) is 0 Å². The molecule has 0 unspecified atom stereocenters. The summed E-state index contributed by atoms with van der Waals surface area (Å²) in [6.07, 6.45) is 3.35. The maximum Gasteiger partial charge on any atom is 0.244 e. The number of carbonyl (C=O) groups excluding carboxylic acids is 2. The Morgan fingerprint density at radius 3 is 2.12 bits per heavy atom. The second-order valence-electron chi connectivity index (χ2n) is 5.83. The van der Waals surface area contributed by atoms with Crippen molar-refractivity contribution in [1.29, 1.82) is 0 Å². The monoisotopic (exact) mass is 240 g/mol. The third-order valence-corrected chi connectivity index (χ3v) is 3.07. The number of rotatable bonds is 2. The van der Waals surface area contributed by atoms with E-state index in [1.54, 1.807) is 6.92 Å². The van der Waals surface area contributed by atoms with Gasteiger partial charge in [0, 0.05) is 18.5 Å². The van der Waals surface area contributed by atoms with Crippen molar-refractivity contribution in [1.82, 2.24) is 10.2 Å². The summed E-state index contributed by atoms with van der Waals surface area (Å²) >= 11 is 0. The predicted molar refractivity (Wildman–Crippen MR) is 67.5 cm³/mol. The van der Waals surface area contributed by atoms with E-state index in [4.69, 9.17) is 0 Å². The molecule has 0 radical (unpaired) electrons. The molecular weight excluding hydrogens is 216 g/mol. The largest absolute Gasteiger partial charge is 0.344 e. The highest BCUT2D eigenvalue weighted by Crippen LogP contribution is 2.14. The van der Waals surface area contributed by atoms with Gasteiger partial charge < -0.3 is 10.2 Å². The summed E-state index contributed by atoms with van der Waals surface area (Å²) in [5.41, 5.74) is -0.448. The van der Waals surface area contributed by atoms with E-state index in [1.807, 2.05) is 25.7 Å². The molecule has 0 saturated carbocycles. The minimum atomic E-state index is -0.448. The SMILES string of the molecule is C[C@H](NC(=O)C(C)(C)C)C(=O)N1CCCCC1.